The van der Waals surface area contributed by atoms with E-state index in [-0.39, 0.29) is 17.4 Å². The van der Waals surface area contributed by atoms with E-state index in [0.717, 1.165) is 18.4 Å². The van der Waals surface area contributed by atoms with Gasteiger partial charge in [0.05, 0.1) is 6.10 Å². The van der Waals surface area contributed by atoms with Crippen LogP contribution >= 0.6 is 0 Å². The number of hydrogen-bond acceptors (Lipinski definition) is 2. The van der Waals surface area contributed by atoms with Crippen LogP contribution in [0.25, 0.3) is 0 Å². The molecule has 1 saturated carbocycles. The smallest absolute Gasteiger partial charge is 0.162 e. The Morgan fingerprint density at radius 1 is 1.58 bits per heavy atom. The van der Waals surface area contributed by atoms with Gasteiger partial charge in [-0.2, -0.15) is 0 Å². The zero-order chi connectivity index (χ0) is 8.93. The monoisotopic (exact) mass is 168 g/mol. The maximum atomic E-state index is 9.62. The third-order valence-corrected chi connectivity index (χ3v) is 3.39. The van der Waals surface area contributed by atoms with Crippen molar-refractivity contribution in [3.8, 4) is 0 Å². The summed E-state index contributed by atoms with van der Waals surface area (Å²) in [6.45, 7) is 8.31. The zero-order valence-electron chi connectivity index (χ0n) is 7.71. The molecule has 1 saturated heterocycles. The SMILES string of the molecule is C=C1CCC2OC(O)C1C2(C)C. The molecular formula is C10H16O2. The van der Waals surface area contributed by atoms with Crippen LogP contribution in [-0.4, -0.2) is 17.5 Å². The molecule has 0 spiro atoms. The van der Waals surface area contributed by atoms with E-state index in [1.807, 2.05) is 0 Å². The van der Waals surface area contributed by atoms with Crippen LogP contribution < -0.4 is 0 Å². The van der Waals surface area contributed by atoms with Gasteiger partial charge in [-0.05, 0) is 12.8 Å². The molecule has 1 aliphatic heterocycles. The first-order chi connectivity index (χ1) is 5.53. The van der Waals surface area contributed by atoms with E-state index in [9.17, 15) is 5.11 Å². The van der Waals surface area contributed by atoms with Crippen LogP contribution in [0.2, 0.25) is 0 Å². The summed E-state index contributed by atoms with van der Waals surface area (Å²) in [4.78, 5) is 0. The van der Waals surface area contributed by atoms with Gasteiger partial charge >= 0.3 is 0 Å². The van der Waals surface area contributed by atoms with E-state index in [0.29, 0.717) is 0 Å². The minimum absolute atomic E-state index is 0.0781. The number of hydrogen-bond donors (Lipinski definition) is 1. The van der Waals surface area contributed by atoms with Crippen molar-refractivity contribution in [2.24, 2.45) is 11.3 Å². The standard InChI is InChI=1S/C10H16O2/c1-6-4-5-7-10(2,3)8(6)9(11)12-7/h7-9,11H,1,4-5H2,2-3H3. The quantitative estimate of drug-likeness (QED) is 0.558. The van der Waals surface area contributed by atoms with E-state index in [1.54, 1.807) is 0 Å². The van der Waals surface area contributed by atoms with Gasteiger partial charge in [0.2, 0.25) is 0 Å². The van der Waals surface area contributed by atoms with Gasteiger partial charge in [-0.3, -0.25) is 0 Å². The number of fused-ring (bicyclic) bond motifs is 2. The summed E-state index contributed by atoms with van der Waals surface area (Å²) >= 11 is 0. The summed E-state index contributed by atoms with van der Waals surface area (Å²) in [5, 5.41) is 9.62. The fourth-order valence-corrected chi connectivity index (χ4v) is 2.63. The van der Waals surface area contributed by atoms with Crippen LogP contribution in [0.3, 0.4) is 0 Å². The van der Waals surface area contributed by atoms with Crippen LogP contribution in [0, 0.1) is 11.3 Å². The first-order valence-corrected chi connectivity index (χ1v) is 4.54. The van der Waals surface area contributed by atoms with Crippen LogP contribution in [-0.2, 0) is 4.74 Å². The molecule has 2 bridgehead atoms. The van der Waals surface area contributed by atoms with Crippen molar-refractivity contribution >= 4 is 0 Å². The van der Waals surface area contributed by atoms with E-state index < -0.39 is 6.29 Å². The number of ether oxygens (including phenoxy) is 1. The molecule has 12 heavy (non-hydrogen) atoms. The van der Waals surface area contributed by atoms with Crippen molar-refractivity contribution in [1.82, 2.24) is 0 Å². The predicted molar refractivity (Wildman–Crippen MR) is 46.5 cm³/mol. The lowest BCUT2D eigenvalue weighted by Crippen LogP contribution is -2.36. The lowest BCUT2D eigenvalue weighted by atomic mass is 9.67. The Kier molecular flexibility index (Phi) is 1.61. The van der Waals surface area contributed by atoms with Crippen molar-refractivity contribution in [3.05, 3.63) is 12.2 Å². The molecule has 3 unspecified atom stereocenters. The van der Waals surface area contributed by atoms with Crippen LogP contribution in [0.5, 0.6) is 0 Å². The second kappa shape index (κ2) is 2.33. The molecule has 68 valence electrons. The largest absolute Gasteiger partial charge is 0.367 e. The van der Waals surface area contributed by atoms with E-state index in [2.05, 4.69) is 20.4 Å². The summed E-state index contributed by atoms with van der Waals surface area (Å²) in [6, 6.07) is 0. The topological polar surface area (TPSA) is 29.5 Å². The molecule has 3 atom stereocenters. The number of aliphatic hydroxyl groups excluding tert-OH is 1. The Morgan fingerprint density at radius 3 is 2.83 bits per heavy atom. The molecule has 2 fully saturated rings. The molecular weight excluding hydrogens is 152 g/mol. The Morgan fingerprint density at radius 2 is 2.25 bits per heavy atom. The van der Waals surface area contributed by atoms with E-state index in [1.165, 1.54) is 0 Å². The summed E-state index contributed by atoms with van der Waals surface area (Å²) in [7, 11) is 0. The zero-order valence-corrected chi connectivity index (χ0v) is 7.71. The molecule has 2 aliphatic rings. The molecule has 2 heteroatoms. The summed E-state index contributed by atoms with van der Waals surface area (Å²) < 4.78 is 5.47. The van der Waals surface area contributed by atoms with Crippen molar-refractivity contribution < 1.29 is 9.84 Å². The van der Waals surface area contributed by atoms with Gasteiger partial charge in [0, 0.05) is 11.3 Å². The molecule has 1 N–H and O–H groups in total. The van der Waals surface area contributed by atoms with Gasteiger partial charge in [0.1, 0.15) is 0 Å². The first kappa shape index (κ1) is 8.27. The Bertz CT molecular complexity index is 220. The highest BCUT2D eigenvalue weighted by Crippen LogP contribution is 2.52. The van der Waals surface area contributed by atoms with Gasteiger partial charge in [-0.1, -0.05) is 26.0 Å². The number of rotatable bonds is 0. The Hall–Kier alpha value is -0.340. The molecule has 1 heterocycles. The summed E-state index contributed by atoms with van der Waals surface area (Å²) in [5.74, 6) is 0.149. The molecule has 0 amide bonds. The molecule has 0 aromatic carbocycles. The third kappa shape index (κ3) is 0.882. The van der Waals surface area contributed by atoms with Crippen molar-refractivity contribution in [2.75, 3.05) is 0 Å². The third-order valence-electron chi connectivity index (χ3n) is 3.39. The second-order valence-electron chi connectivity index (χ2n) is 4.51. The summed E-state index contributed by atoms with van der Waals surface area (Å²) in [5.41, 5.74) is 1.23. The van der Waals surface area contributed by atoms with Crippen LogP contribution in [0.15, 0.2) is 12.2 Å². The van der Waals surface area contributed by atoms with Crippen molar-refractivity contribution in [3.63, 3.8) is 0 Å². The van der Waals surface area contributed by atoms with Crippen LogP contribution in [0.4, 0.5) is 0 Å². The average molecular weight is 168 g/mol. The highest BCUT2D eigenvalue weighted by atomic mass is 16.6. The van der Waals surface area contributed by atoms with Crippen molar-refractivity contribution in [2.45, 2.75) is 39.1 Å². The summed E-state index contributed by atoms with van der Waals surface area (Å²) in [6.07, 6.45) is 1.64. The normalized spacial score (nSPS) is 44.9. The lowest BCUT2D eigenvalue weighted by molar-refractivity contribution is -0.0996. The van der Waals surface area contributed by atoms with Crippen molar-refractivity contribution in [1.29, 1.82) is 0 Å². The predicted octanol–water partition coefficient (Wildman–Crippen LogP) is 1.70. The van der Waals surface area contributed by atoms with E-state index in [4.69, 9.17) is 4.74 Å². The Balaban J connectivity index is 2.35. The second-order valence-corrected chi connectivity index (χ2v) is 4.51. The van der Waals surface area contributed by atoms with Gasteiger partial charge in [0.25, 0.3) is 0 Å². The fraction of sp³-hybridized carbons (Fsp3) is 0.800. The maximum Gasteiger partial charge on any atom is 0.162 e. The van der Waals surface area contributed by atoms with Crippen LogP contribution in [0.1, 0.15) is 26.7 Å². The fourth-order valence-electron chi connectivity index (χ4n) is 2.63. The molecule has 0 radical (unpaired) electrons. The van der Waals surface area contributed by atoms with E-state index >= 15 is 0 Å². The average Bonchev–Trinajstić information content (AvgIpc) is 2.12. The van der Waals surface area contributed by atoms with Gasteiger partial charge in [-0.25, -0.2) is 0 Å². The minimum Gasteiger partial charge on any atom is -0.367 e. The maximum absolute atomic E-state index is 9.62. The molecule has 0 aromatic rings. The molecule has 2 rings (SSSR count). The first-order valence-electron chi connectivity index (χ1n) is 4.54. The van der Waals surface area contributed by atoms with Gasteiger partial charge in [-0.15, -0.1) is 0 Å². The lowest BCUT2D eigenvalue weighted by Gasteiger charge is -2.36. The molecule has 2 nitrogen and oxygen atoms in total. The highest BCUT2D eigenvalue weighted by Gasteiger charge is 2.53. The Labute approximate surface area is 73.2 Å². The van der Waals surface area contributed by atoms with Gasteiger partial charge in [0.15, 0.2) is 6.29 Å². The minimum atomic E-state index is -0.611. The number of aliphatic hydroxyl groups is 1. The molecule has 1 aliphatic carbocycles. The molecule has 0 aromatic heterocycles. The van der Waals surface area contributed by atoms with Gasteiger partial charge < -0.3 is 9.84 Å². The highest BCUT2D eigenvalue weighted by molar-refractivity contribution is 5.16.